The number of nitrogens with zero attached hydrogens (tertiary/aromatic N) is 1. The molecule has 2 heterocycles. The Morgan fingerprint density at radius 3 is 2.94 bits per heavy atom. The molecule has 1 saturated heterocycles. The maximum absolute atomic E-state index is 12.4. The van der Waals surface area contributed by atoms with E-state index in [0.29, 0.717) is 23.3 Å². The van der Waals surface area contributed by atoms with Gasteiger partial charge in [-0.2, -0.15) is 0 Å². The van der Waals surface area contributed by atoms with Gasteiger partial charge in [0.2, 0.25) is 0 Å². The van der Waals surface area contributed by atoms with Gasteiger partial charge in [-0.1, -0.05) is 0 Å². The molecule has 96 valence electrons. The SMILES string of the molecule is C[C@@H]1CCCN1C(=O)c1coc2c1C(=O)CCC2. The van der Waals surface area contributed by atoms with Crippen LogP contribution in [0.1, 0.15) is 59.1 Å². The largest absolute Gasteiger partial charge is 0.468 e. The van der Waals surface area contributed by atoms with Crippen LogP contribution in [0.4, 0.5) is 0 Å². The number of likely N-dealkylation sites (tertiary alicyclic amines) is 1. The van der Waals surface area contributed by atoms with Crippen LogP contribution in [0.25, 0.3) is 0 Å². The van der Waals surface area contributed by atoms with E-state index in [1.54, 1.807) is 0 Å². The van der Waals surface area contributed by atoms with E-state index in [4.69, 9.17) is 4.42 Å². The van der Waals surface area contributed by atoms with Crippen molar-refractivity contribution in [3.05, 3.63) is 23.2 Å². The lowest BCUT2D eigenvalue weighted by atomic mass is 9.93. The molecule has 0 aromatic carbocycles. The average Bonchev–Trinajstić information content (AvgIpc) is 2.95. The van der Waals surface area contributed by atoms with Crippen LogP contribution in [0.15, 0.2) is 10.7 Å². The zero-order valence-corrected chi connectivity index (χ0v) is 10.6. The molecule has 0 spiro atoms. The number of Topliss-reactive ketones (excluding diaryl/α,β-unsaturated/α-hetero) is 1. The lowest BCUT2D eigenvalue weighted by Gasteiger charge is -2.21. The fourth-order valence-electron chi connectivity index (χ4n) is 2.97. The lowest BCUT2D eigenvalue weighted by Crippen LogP contribution is -2.34. The first kappa shape index (κ1) is 11.5. The summed E-state index contributed by atoms with van der Waals surface area (Å²) in [6.45, 7) is 2.84. The molecule has 1 amide bonds. The number of amides is 1. The minimum atomic E-state index is -0.0414. The highest BCUT2D eigenvalue weighted by Crippen LogP contribution is 2.29. The maximum Gasteiger partial charge on any atom is 0.258 e. The van der Waals surface area contributed by atoms with Gasteiger partial charge in [0.25, 0.3) is 5.91 Å². The van der Waals surface area contributed by atoms with Crippen LogP contribution in [-0.2, 0) is 6.42 Å². The molecule has 0 bridgehead atoms. The maximum atomic E-state index is 12.4. The van der Waals surface area contributed by atoms with Gasteiger partial charge in [0, 0.05) is 25.4 Å². The van der Waals surface area contributed by atoms with Crippen molar-refractivity contribution in [2.45, 2.75) is 45.1 Å². The van der Waals surface area contributed by atoms with Crippen molar-refractivity contribution in [1.29, 1.82) is 0 Å². The first-order valence-corrected chi connectivity index (χ1v) is 6.63. The third-order valence-electron chi connectivity index (χ3n) is 4.00. The summed E-state index contributed by atoms with van der Waals surface area (Å²) < 4.78 is 5.41. The molecule has 1 aliphatic carbocycles. The molecule has 18 heavy (non-hydrogen) atoms. The summed E-state index contributed by atoms with van der Waals surface area (Å²) in [5, 5.41) is 0. The second-order valence-electron chi connectivity index (χ2n) is 5.21. The fourth-order valence-corrected chi connectivity index (χ4v) is 2.97. The molecule has 0 saturated carbocycles. The fraction of sp³-hybridized carbons (Fsp3) is 0.571. The molecular weight excluding hydrogens is 230 g/mol. The van der Waals surface area contributed by atoms with Gasteiger partial charge in [0.1, 0.15) is 12.0 Å². The molecule has 2 aliphatic rings. The van der Waals surface area contributed by atoms with Gasteiger partial charge in [-0.05, 0) is 26.2 Å². The van der Waals surface area contributed by atoms with Gasteiger partial charge in [0.05, 0.1) is 11.1 Å². The topological polar surface area (TPSA) is 50.5 Å². The molecule has 4 nitrogen and oxygen atoms in total. The van der Waals surface area contributed by atoms with E-state index in [0.717, 1.165) is 32.2 Å². The molecular formula is C14H17NO3. The predicted molar refractivity (Wildman–Crippen MR) is 65.7 cm³/mol. The van der Waals surface area contributed by atoms with Gasteiger partial charge < -0.3 is 9.32 Å². The lowest BCUT2D eigenvalue weighted by molar-refractivity contribution is 0.0741. The Morgan fingerprint density at radius 2 is 2.22 bits per heavy atom. The number of carbonyl (C=O) groups excluding carboxylic acids is 2. The minimum Gasteiger partial charge on any atom is -0.468 e. The van der Waals surface area contributed by atoms with E-state index in [9.17, 15) is 9.59 Å². The highest BCUT2D eigenvalue weighted by molar-refractivity contribution is 6.09. The summed E-state index contributed by atoms with van der Waals surface area (Å²) >= 11 is 0. The first-order chi connectivity index (χ1) is 8.68. The highest BCUT2D eigenvalue weighted by Gasteiger charge is 2.33. The van der Waals surface area contributed by atoms with Crippen molar-refractivity contribution in [2.75, 3.05) is 6.54 Å². The van der Waals surface area contributed by atoms with E-state index in [1.807, 2.05) is 4.90 Å². The normalized spacial score (nSPS) is 23.3. The molecule has 0 radical (unpaired) electrons. The number of furan rings is 1. The van der Waals surface area contributed by atoms with Crippen molar-refractivity contribution in [1.82, 2.24) is 4.90 Å². The van der Waals surface area contributed by atoms with Crippen molar-refractivity contribution in [3.8, 4) is 0 Å². The van der Waals surface area contributed by atoms with Gasteiger partial charge in [-0.15, -0.1) is 0 Å². The Bertz CT molecular complexity index is 503. The Morgan fingerprint density at radius 1 is 1.39 bits per heavy atom. The molecule has 0 N–H and O–H groups in total. The molecule has 0 unspecified atom stereocenters. The molecule has 1 aliphatic heterocycles. The predicted octanol–water partition coefficient (Wildman–Crippen LogP) is 2.42. The zero-order chi connectivity index (χ0) is 12.7. The molecule has 3 rings (SSSR count). The Balaban J connectivity index is 1.95. The number of ketones is 1. The van der Waals surface area contributed by atoms with E-state index in [-0.39, 0.29) is 17.7 Å². The van der Waals surface area contributed by atoms with Gasteiger partial charge in [-0.3, -0.25) is 9.59 Å². The van der Waals surface area contributed by atoms with Gasteiger partial charge in [0.15, 0.2) is 5.78 Å². The molecule has 1 aromatic rings. The highest BCUT2D eigenvalue weighted by atomic mass is 16.3. The smallest absolute Gasteiger partial charge is 0.258 e. The van der Waals surface area contributed by atoms with E-state index >= 15 is 0 Å². The van der Waals surface area contributed by atoms with Crippen LogP contribution in [0, 0.1) is 0 Å². The molecule has 1 atom stereocenters. The molecule has 4 heteroatoms. The van der Waals surface area contributed by atoms with E-state index in [2.05, 4.69) is 6.92 Å². The third-order valence-corrected chi connectivity index (χ3v) is 4.00. The van der Waals surface area contributed by atoms with Crippen molar-refractivity contribution < 1.29 is 14.0 Å². The summed E-state index contributed by atoms with van der Waals surface area (Å²) in [7, 11) is 0. The van der Waals surface area contributed by atoms with E-state index < -0.39 is 0 Å². The second-order valence-corrected chi connectivity index (χ2v) is 5.21. The zero-order valence-electron chi connectivity index (χ0n) is 10.6. The van der Waals surface area contributed by atoms with E-state index in [1.165, 1.54) is 6.26 Å². The number of carbonyl (C=O) groups is 2. The standard InChI is InChI=1S/C14H17NO3/c1-9-4-3-7-15(9)14(17)10-8-18-12-6-2-5-11(16)13(10)12/h8-9H,2-7H2,1H3/t9-/m1/s1. The quantitative estimate of drug-likeness (QED) is 0.765. The van der Waals surface area contributed by atoms with Crippen LogP contribution in [0.2, 0.25) is 0 Å². The van der Waals surface area contributed by atoms with Crippen LogP contribution < -0.4 is 0 Å². The van der Waals surface area contributed by atoms with Crippen molar-refractivity contribution in [2.24, 2.45) is 0 Å². The van der Waals surface area contributed by atoms with Gasteiger partial charge in [-0.25, -0.2) is 0 Å². The summed E-state index contributed by atoms with van der Waals surface area (Å²) in [6, 6.07) is 0.266. The van der Waals surface area contributed by atoms with Crippen LogP contribution >= 0.6 is 0 Å². The Labute approximate surface area is 106 Å². The minimum absolute atomic E-state index is 0.0414. The average molecular weight is 247 g/mol. The molecule has 1 aromatic heterocycles. The Kier molecular flexibility index (Phi) is 2.73. The van der Waals surface area contributed by atoms with Crippen LogP contribution in [0.5, 0.6) is 0 Å². The molecule has 1 fully saturated rings. The third kappa shape index (κ3) is 1.67. The monoisotopic (exact) mass is 247 g/mol. The summed E-state index contributed by atoms with van der Waals surface area (Å²) in [4.78, 5) is 26.2. The van der Waals surface area contributed by atoms with Gasteiger partial charge >= 0.3 is 0 Å². The number of fused-ring (bicyclic) bond motifs is 1. The van der Waals surface area contributed by atoms with Crippen LogP contribution in [-0.4, -0.2) is 29.2 Å². The number of hydrogen-bond acceptors (Lipinski definition) is 3. The van der Waals surface area contributed by atoms with Crippen molar-refractivity contribution >= 4 is 11.7 Å². The summed E-state index contributed by atoms with van der Waals surface area (Å²) in [5.41, 5.74) is 1.02. The Hall–Kier alpha value is -1.58. The second kappa shape index (κ2) is 4.26. The summed E-state index contributed by atoms with van der Waals surface area (Å²) in [6.07, 6.45) is 5.68. The number of aryl methyl sites for hydroxylation is 1. The van der Waals surface area contributed by atoms with Crippen molar-refractivity contribution in [3.63, 3.8) is 0 Å². The first-order valence-electron chi connectivity index (χ1n) is 6.63. The number of hydrogen-bond donors (Lipinski definition) is 0. The number of rotatable bonds is 1. The van der Waals surface area contributed by atoms with Crippen LogP contribution in [0.3, 0.4) is 0 Å². The summed E-state index contributed by atoms with van der Waals surface area (Å²) in [5.74, 6) is 0.710.